The number of hydrogen-bond acceptors (Lipinski definition) is 3. The first-order valence-electron chi connectivity index (χ1n) is 3.28. The van der Waals surface area contributed by atoms with Crippen molar-refractivity contribution in [2.24, 2.45) is 0 Å². The van der Waals surface area contributed by atoms with Gasteiger partial charge in [-0.25, -0.2) is 0 Å². The summed E-state index contributed by atoms with van der Waals surface area (Å²) in [5, 5.41) is 0. The Morgan fingerprint density at radius 1 is 1.00 bits per heavy atom. The van der Waals surface area contributed by atoms with Crippen molar-refractivity contribution in [1.82, 2.24) is 0 Å². The zero-order valence-corrected chi connectivity index (χ0v) is 8.18. The molecule has 0 aromatic rings. The molecule has 0 heterocycles. The first-order valence-corrected chi connectivity index (χ1v) is 4.59. The van der Waals surface area contributed by atoms with E-state index in [-0.39, 0.29) is 0 Å². The van der Waals surface area contributed by atoms with Crippen molar-refractivity contribution in [3.05, 3.63) is 12.2 Å². The van der Waals surface area contributed by atoms with Gasteiger partial charge in [-0.1, -0.05) is 10.5 Å². The second-order valence-electron chi connectivity index (χ2n) is 2.54. The molecule has 0 saturated carbocycles. The summed E-state index contributed by atoms with van der Waals surface area (Å²) in [6, 6.07) is 0. The average molecular weight is 294 g/mol. The van der Waals surface area contributed by atoms with Crippen LogP contribution in [0.4, 0.5) is 34.6 Å². The van der Waals surface area contributed by atoms with E-state index in [1.807, 2.05) is 0 Å². The van der Waals surface area contributed by atoms with Crippen LogP contribution in [0.2, 0.25) is 0 Å². The standard InChI is InChI=1S/C5H2F8O3S/c1-2(3(6,7)5(10,11)12)4(8,9)16-17(13,14)15/h1H2. The summed E-state index contributed by atoms with van der Waals surface area (Å²) in [5.74, 6) is -6.15. The normalized spacial score (nSPS) is 14.8. The van der Waals surface area contributed by atoms with Crippen molar-refractivity contribution in [2.45, 2.75) is 18.2 Å². The van der Waals surface area contributed by atoms with Gasteiger partial charge in [0, 0.05) is 0 Å². The Kier molecular flexibility index (Phi) is 3.86. The molecule has 0 rings (SSSR count). The van der Waals surface area contributed by atoms with Gasteiger partial charge in [0.15, 0.2) is 0 Å². The van der Waals surface area contributed by atoms with E-state index < -0.39 is 34.3 Å². The van der Waals surface area contributed by atoms with Crippen molar-refractivity contribution in [1.29, 1.82) is 0 Å². The fourth-order valence-corrected chi connectivity index (χ4v) is 0.880. The first kappa shape index (κ1) is 16.1. The lowest BCUT2D eigenvalue weighted by molar-refractivity contribution is -0.285. The highest BCUT2D eigenvalue weighted by Gasteiger charge is 2.66. The predicted octanol–water partition coefficient (Wildman–Crippen LogP) is 2.56. The third-order valence-electron chi connectivity index (χ3n) is 1.29. The Balaban J connectivity index is 5.32. The molecule has 0 spiro atoms. The lowest BCUT2D eigenvalue weighted by Crippen LogP contribution is -2.45. The number of alkyl halides is 7. The lowest BCUT2D eigenvalue weighted by atomic mass is 10.1. The van der Waals surface area contributed by atoms with Crippen LogP contribution >= 0.6 is 0 Å². The molecule has 0 aliphatic heterocycles. The summed E-state index contributed by atoms with van der Waals surface area (Å²) in [6.45, 7) is 1.67. The van der Waals surface area contributed by atoms with E-state index in [9.17, 15) is 43.0 Å². The summed E-state index contributed by atoms with van der Waals surface area (Å²) in [5.41, 5.74) is -3.25. The molecule has 0 aliphatic rings. The molecule has 3 nitrogen and oxygen atoms in total. The molecule has 0 atom stereocenters. The highest BCUT2D eigenvalue weighted by atomic mass is 32.3. The Labute approximate surface area is 89.1 Å². The van der Waals surface area contributed by atoms with Crippen LogP contribution in [0, 0.1) is 0 Å². The van der Waals surface area contributed by atoms with Crippen molar-refractivity contribution >= 4 is 10.5 Å². The summed E-state index contributed by atoms with van der Waals surface area (Å²) >= 11 is 0. The van der Waals surface area contributed by atoms with Gasteiger partial charge in [-0.2, -0.15) is 43.3 Å². The van der Waals surface area contributed by atoms with Crippen molar-refractivity contribution in [3.63, 3.8) is 0 Å². The molecule has 0 amide bonds. The second kappa shape index (κ2) is 4.08. The smallest absolute Gasteiger partial charge is 0.191 e. The summed E-state index contributed by atoms with van der Waals surface area (Å²) in [7, 11) is -6.44. The van der Waals surface area contributed by atoms with Crippen LogP contribution in [0.25, 0.3) is 0 Å². The molecule has 0 unspecified atom stereocenters. The maximum absolute atomic E-state index is 12.4. The van der Waals surface area contributed by atoms with Gasteiger partial charge in [0.25, 0.3) is 0 Å². The van der Waals surface area contributed by atoms with Crippen LogP contribution < -0.4 is 0 Å². The Hall–Kier alpha value is -0.910. The van der Waals surface area contributed by atoms with Gasteiger partial charge in [0.2, 0.25) is 0 Å². The largest absolute Gasteiger partial charge is 0.458 e. The molecule has 0 bridgehead atoms. The molecule has 0 aromatic heterocycles. The lowest BCUT2D eigenvalue weighted by Gasteiger charge is -2.25. The number of halogens is 8. The van der Waals surface area contributed by atoms with Gasteiger partial charge in [-0.05, 0) is 0 Å². The quantitative estimate of drug-likeness (QED) is 0.455. The van der Waals surface area contributed by atoms with Gasteiger partial charge in [-0.15, -0.1) is 0 Å². The van der Waals surface area contributed by atoms with Crippen LogP contribution in [0.3, 0.4) is 0 Å². The maximum atomic E-state index is 12.4. The van der Waals surface area contributed by atoms with Crippen LogP contribution in [0.15, 0.2) is 12.2 Å². The van der Waals surface area contributed by atoms with E-state index in [1.165, 1.54) is 0 Å². The fraction of sp³-hybridized carbons (Fsp3) is 0.600. The minimum absolute atomic E-state index is 1.67. The molecule has 12 heteroatoms. The van der Waals surface area contributed by atoms with Crippen LogP contribution in [-0.2, 0) is 14.7 Å². The predicted molar refractivity (Wildman–Crippen MR) is 36.2 cm³/mol. The molecule has 0 saturated heterocycles. The number of hydrogen-bond donors (Lipinski definition) is 0. The summed E-state index contributed by atoms with van der Waals surface area (Å²) in [6.07, 6.45) is -12.2. The Morgan fingerprint density at radius 3 is 1.59 bits per heavy atom. The van der Waals surface area contributed by atoms with Gasteiger partial charge in [-0.3, -0.25) is 0 Å². The zero-order chi connectivity index (χ0) is 14.3. The van der Waals surface area contributed by atoms with Gasteiger partial charge < -0.3 is 0 Å². The first-order chi connectivity index (χ1) is 7.11. The summed E-state index contributed by atoms with van der Waals surface area (Å²) < 4.78 is 117. The van der Waals surface area contributed by atoms with E-state index in [0.29, 0.717) is 0 Å². The zero-order valence-electron chi connectivity index (χ0n) is 7.36. The molecule has 0 aromatic carbocycles. The molecular formula is C5H2F8O3S. The van der Waals surface area contributed by atoms with Gasteiger partial charge in [0.1, 0.15) is 5.57 Å². The minimum Gasteiger partial charge on any atom is -0.191 e. The van der Waals surface area contributed by atoms with E-state index in [0.717, 1.165) is 0 Å². The SMILES string of the molecule is C=C(C(F)(F)OS(=O)(=O)F)C(F)(F)C(F)(F)F. The third kappa shape index (κ3) is 3.80. The topological polar surface area (TPSA) is 43.4 Å². The van der Waals surface area contributed by atoms with E-state index >= 15 is 0 Å². The van der Waals surface area contributed by atoms with Crippen LogP contribution in [0.1, 0.15) is 0 Å². The summed E-state index contributed by atoms with van der Waals surface area (Å²) in [4.78, 5) is 0. The Morgan fingerprint density at radius 2 is 1.35 bits per heavy atom. The van der Waals surface area contributed by atoms with Gasteiger partial charge >= 0.3 is 28.7 Å². The maximum Gasteiger partial charge on any atom is 0.458 e. The van der Waals surface area contributed by atoms with E-state index in [2.05, 4.69) is 4.18 Å². The molecule has 17 heavy (non-hydrogen) atoms. The molecule has 0 aliphatic carbocycles. The third-order valence-corrected chi connectivity index (χ3v) is 1.70. The van der Waals surface area contributed by atoms with E-state index in [4.69, 9.17) is 0 Å². The van der Waals surface area contributed by atoms with Crippen LogP contribution in [-0.4, -0.2) is 26.6 Å². The highest BCUT2D eigenvalue weighted by Crippen LogP contribution is 2.46. The monoisotopic (exact) mass is 294 g/mol. The van der Waals surface area contributed by atoms with Gasteiger partial charge in [0.05, 0.1) is 0 Å². The fourth-order valence-electron chi connectivity index (χ4n) is 0.529. The molecule has 0 fully saturated rings. The molecule has 0 radical (unpaired) electrons. The van der Waals surface area contributed by atoms with Crippen LogP contribution in [0.5, 0.6) is 0 Å². The van der Waals surface area contributed by atoms with Crippen molar-refractivity contribution in [2.75, 3.05) is 0 Å². The van der Waals surface area contributed by atoms with Crippen molar-refractivity contribution in [3.8, 4) is 0 Å². The van der Waals surface area contributed by atoms with Crippen molar-refractivity contribution < 1.29 is 47.2 Å². The minimum atomic E-state index is -6.46. The Bertz CT molecular complexity index is 407. The highest BCUT2D eigenvalue weighted by molar-refractivity contribution is 7.81. The molecule has 0 N–H and O–H groups in total. The van der Waals surface area contributed by atoms with E-state index in [1.54, 1.807) is 6.58 Å². The number of rotatable bonds is 4. The average Bonchev–Trinajstić information content (AvgIpc) is 1.95. The molecule has 102 valence electrons. The molecular weight excluding hydrogens is 292 g/mol. The second-order valence-corrected chi connectivity index (χ2v) is 3.50.